The second-order valence-electron chi connectivity index (χ2n) is 4.38. The first-order valence-electron chi connectivity index (χ1n) is 5.91. The number of carbonyl (C=O) groups excluding carboxylic acids is 1. The minimum absolute atomic E-state index is 0.228. The van der Waals surface area contributed by atoms with E-state index in [9.17, 15) is 9.59 Å². The van der Waals surface area contributed by atoms with Gasteiger partial charge in [0.2, 0.25) is 11.8 Å². The Morgan fingerprint density at radius 2 is 2.11 bits per heavy atom. The fourth-order valence-electron chi connectivity index (χ4n) is 2.17. The van der Waals surface area contributed by atoms with E-state index in [1.165, 1.54) is 6.92 Å². The van der Waals surface area contributed by atoms with Gasteiger partial charge in [-0.3, -0.25) is 14.6 Å². The highest BCUT2D eigenvalue weighted by Crippen LogP contribution is 2.35. The summed E-state index contributed by atoms with van der Waals surface area (Å²) in [6, 6.07) is 9.45. The number of pyridine rings is 1. The average molecular weight is 256 g/mol. The summed E-state index contributed by atoms with van der Waals surface area (Å²) < 4.78 is 5.52. The summed E-state index contributed by atoms with van der Waals surface area (Å²) in [5.41, 5.74) is 2.70. The predicted octanol–water partition coefficient (Wildman–Crippen LogP) is 1.89. The molecular formula is C14H12N2O3. The van der Waals surface area contributed by atoms with Gasteiger partial charge in [0.15, 0.2) is 0 Å². The fourth-order valence-corrected chi connectivity index (χ4v) is 2.17. The summed E-state index contributed by atoms with van der Waals surface area (Å²) in [5.74, 6) is 0.160. The molecule has 1 amide bonds. The Balaban J connectivity index is 2.18. The lowest BCUT2D eigenvalue weighted by molar-refractivity contribution is -0.114. The monoisotopic (exact) mass is 256 g/mol. The molecule has 1 aromatic heterocycles. The topological polar surface area (TPSA) is 71.2 Å². The van der Waals surface area contributed by atoms with E-state index in [0.29, 0.717) is 12.5 Å². The molecule has 2 N–H and O–H groups in total. The number of hydrogen-bond acceptors (Lipinski definition) is 3. The molecule has 5 heteroatoms. The smallest absolute Gasteiger partial charge is 0.274 e. The van der Waals surface area contributed by atoms with Gasteiger partial charge < -0.3 is 10.1 Å². The van der Waals surface area contributed by atoms with Crippen molar-refractivity contribution in [2.75, 3.05) is 5.32 Å². The predicted molar refractivity (Wildman–Crippen MR) is 71.1 cm³/mol. The van der Waals surface area contributed by atoms with E-state index < -0.39 is 0 Å². The van der Waals surface area contributed by atoms with Gasteiger partial charge in [-0.15, -0.1) is 0 Å². The van der Waals surface area contributed by atoms with Crippen LogP contribution in [0, 0.1) is 0 Å². The molecule has 0 radical (unpaired) electrons. The summed E-state index contributed by atoms with van der Waals surface area (Å²) >= 11 is 0. The van der Waals surface area contributed by atoms with E-state index in [2.05, 4.69) is 10.3 Å². The molecule has 3 rings (SSSR count). The van der Waals surface area contributed by atoms with E-state index in [4.69, 9.17) is 4.74 Å². The van der Waals surface area contributed by atoms with Crippen molar-refractivity contribution in [3.8, 4) is 17.0 Å². The number of benzene rings is 1. The number of amides is 1. The summed E-state index contributed by atoms with van der Waals surface area (Å²) in [6.07, 6.45) is 0. The standard InChI is InChI=1S/C14H12N2O3/c1-8(17)15-12-6-11-10-5-3-2-4-9(10)7-19-14(11)16-13(12)18/h2-6H,7H2,1H3,(H,15,17)(H,16,18). The van der Waals surface area contributed by atoms with Crippen LogP contribution in [0.5, 0.6) is 5.88 Å². The number of aromatic nitrogens is 1. The second kappa shape index (κ2) is 4.28. The molecule has 0 fully saturated rings. The number of nitrogens with one attached hydrogen (secondary N) is 2. The van der Waals surface area contributed by atoms with Gasteiger partial charge in [-0.05, 0) is 17.2 Å². The number of H-pyrrole nitrogens is 1. The van der Waals surface area contributed by atoms with Crippen molar-refractivity contribution < 1.29 is 9.53 Å². The summed E-state index contributed by atoms with van der Waals surface area (Å²) in [6.45, 7) is 1.79. The SMILES string of the molecule is CC(=O)Nc1cc2c([nH]c1=O)OCc1ccccc1-2. The van der Waals surface area contributed by atoms with E-state index in [-0.39, 0.29) is 17.2 Å². The van der Waals surface area contributed by atoms with Gasteiger partial charge in [0.1, 0.15) is 12.3 Å². The summed E-state index contributed by atoms with van der Waals surface area (Å²) in [7, 11) is 0. The first-order chi connectivity index (χ1) is 9.15. The molecule has 0 spiro atoms. The summed E-state index contributed by atoms with van der Waals surface area (Å²) in [5, 5.41) is 2.52. The first kappa shape index (κ1) is 11.5. The van der Waals surface area contributed by atoms with Gasteiger partial charge in [-0.25, -0.2) is 0 Å². The van der Waals surface area contributed by atoms with Crippen molar-refractivity contribution in [2.45, 2.75) is 13.5 Å². The molecule has 2 aromatic rings. The molecule has 1 aliphatic heterocycles. The molecule has 1 aromatic carbocycles. The zero-order valence-corrected chi connectivity index (χ0v) is 10.3. The lowest BCUT2D eigenvalue weighted by atomic mass is 9.99. The van der Waals surface area contributed by atoms with Gasteiger partial charge in [-0.1, -0.05) is 24.3 Å². The number of hydrogen-bond donors (Lipinski definition) is 2. The first-order valence-corrected chi connectivity index (χ1v) is 5.91. The molecule has 0 unspecified atom stereocenters. The van der Waals surface area contributed by atoms with Crippen molar-refractivity contribution in [3.05, 3.63) is 46.2 Å². The highest BCUT2D eigenvalue weighted by atomic mass is 16.5. The van der Waals surface area contributed by atoms with E-state index in [1.54, 1.807) is 6.07 Å². The largest absolute Gasteiger partial charge is 0.474 e. The van der Waals surface area contributed by atoms with Crippen LogP contribution < -0.4 is 15.6 Å². The Labute approximate surface area is 109 Å². The van der Waals surface area contributed by atoms with Crippen LogP contribution in [0.15, 0.2) is 35.1 Å². The third-order valence-corrected chi connectivity index (χ3v) is 3.00. The van der Waals surface area contributed by atoms with Gasteiger partial charge in [0.25, 0.3) is 5.56 Å². The molecule has 96 valence electrons. The van der Waals surface area contributed by atoms with Crippen molar-refractivity contribution in [1.29, 1.82) is 0 Å². The lowest BCUT2D eigenvalue weighted by Crippen LogP contribution is -2.20. The van der Waals surface area contributed by atoms with Gasteiger partial charge in [-0.2, -0.15) is 0 Å². The molecule has 0 saturated carbocycles. The Hall–Kier alpha value is -2.56. The maximum atomic E-state index is 11.8. The fraction of sp³-hybridized carbons (Fsp3) is 0.143. The molecule has 19 heavy (non-hydrogen) atoms. The minimum atomic E-state index is -0.367. The quantitative estimate of drug-likeness (QED) is 0.818. The Kier molecular flexibility index (Phi) is 2.59. The van der Waals surface area contributed by atoms with Crippen molar-refractivity contribution >= 4 is 11.6 Å². The Morgan fingerprint density at radius 3 is 2.89 bits per heavy atom. The zero-order valence-electron chi connectivity index (χ0n) is 10.3. The van der Waals surface area contributed by atoms with Crippen LogP contribution in [-0.4, -0.2) is 10.9 Å². The normalized spacial score (nSPS) is 12.1. The van der Waals surface area contributed by atoms with Crippen molar-refractivity contribution in [1.82, 2.24) is 4.98 Å². The highest BCUT2D eigenvalue weighted by Gasteiger charge is 2.19. The number of fused-ring (bicyclic) bond motifs is 3. The third-order valence-electron chi connectivity index (χ3n) is 3.00. The van der Waals surface area contributed by atoms with Crippen LogP contribution in [0.1, 0.15) is 12.5 Å². The molecule has 2 heterocycles. The molecular weight excluding hydrogens is 244 g/mol. The number of carbonyl (C=O) groups is 1. The average Bonchev–Trinajstić information content (AvgIpc) is 2.39. The zero-order chi connectivity index (χ0) is 13.4. The van der Waals surface area contributed by atoms with Crippen LogP contribution in [0.25, 0.3) is 11.1 Å². The Morgan fingerprint density at radius 1 is 1.32 bits per heavy atom. The summed E-state index contributed by atoms with van der Waals surface area (Å²) in [4.78, 5) is 25.5. The number of rotatable bonds is 1. The number of aromatic amines is 1. The maximum Gasteiger partial charge on any atom is 0.274 e. The van der Waals surface area contributed by atoms with Crippen LogP contribution >= 0.6 is 0 Å². The van der Waals surface area contributed by atoms with Crippen LogP contribution in [0.4, 0.5) is 5.69 Å². The van der Waals surface area contributed by atoms with Crippen LogP contribution in [0.2, 0.25) is 0 Å². The van der Waals surface area contributed by atoms with Crippen molar-refractivity contribution in [3.63, 3.8) is 0 Å². The van der Waals surface area contributed by atoms with E-state index >= 15 is 0 Å². The third kappa shape index (κ3) is 1.99. The van der Waals surface area contributed by atoms with Gasteiger partial charge >= 0.3 is 0 Å². The molecule has 5 nitrogen and oxygen atoms in total. The maximum absolute atomic E-state index is 11.8. The molecule has 0 bridgehead atoms. The minimum Gasteiger partial charge on any atom is -0.474 e. The molecule has 0 atom stereocenters. The van der Waals surface area contributed by atoms with E-state index in [1.807, 2.05) is 24.3 Å². The highest BCUT2D eigenvalue weighted by molar-refractivity contribution is 5.90. The van der Waals surface area contributed by atoms with Gasteiger partial charge in [0, 0.05) is 12.5 Å². The van der Waals surface area contributed by atoms with Crippen molar-refractivity contribution in [2.24, 2.45) is 0 Å². The number of ether oxygens (including phenoxy) is 1. The van der Waals surface area contributed by atoms with Crippen LogP contribution in [-0.2, 0) is 11.4 Å². The lowest BCUT2D eigenvalue weighted by Gasteiger charge is -2.20. The Bertz CT molecular complexity index is 719. The number of anilines is 1. The molecule has 0 saturated heterocycles. The van der Waals surface area contributed by atoms with Gasteiger partial charge in [0.05, 0.1) is 0 Å². The van der Waals surface area contributed by atoms with E-state index in [0.717, 1.165) is 16.7 Å². The molecule has 1 aliphatic rings. The second-order valence-corrected chi connectivity index (χ2v) is 4.38. The molecule has 0 aliphatic carbocycles. The van der Waals surface area contributed by atoms with Crippen LogP contribution in [0.3, 0.4) is 0 Å².